The monoisotopic (exact) mass is 390 g/mol. The number of nitrogens with one attached hydrogen (secondary N) is 2. The zero-order valence-electron chi connectivity index (χ0n) is 15.9. The number of ether oxygens (including phenoxy) is 1. The second-order valence-electron chi connectivity index (χ2n) is 7.02. The Morgan fingerprint density at radius 1 is 1.32 bits per heavy atom. The van der Waals surface area contributed by atoms with E-state index in [9.17, 15) is 19.5 Å². The van der Waals surface area contributed by atoms with Crippen molar-refractivity contribution in [2.75, 3.05) is 19.7 Å². The molecule has 1 aliphatic heterocycles. The molecule has 1 heterocycles. The van der Waals surface area contributed by atoms with E-state index in [0.717, 1.165) is 0 Å². The van der Waals surface area contributed by atoms with Crippen LogP contribution in [-0.4, -0.2) is 58.9 Å². The van der Waals surface area contributed by atoms with Crippen molar-refractivity contribution >= 4 is 23.6 Å². The van der Waals surface area contributed by atoms with Crippen molar-refractivity contribution < 1.29 is 24.2 Å². The molecule has 2 rings (SSSR count). The zero-order chi connectivity index (χ0) is 20.7. The first-order chi connectivity index (χ1) is 13.2. The number of carboxylic acids is 1. The van der Waals surface area contributed by atoms with Crippen LogP contribution < -0.4 is 15.8 Å². The number of nitrogen functional groups attached to an aromatic ring is 1. The number of piperazine rings is 1. The van der Waals surface area contributed by atoms with Crippen LogP contribution in [0, 0.1) is 5.41 Å². The summed E-state index contributed by atoms with van der Waals surface area (Å²) in [6, 6.07) is 6.87. The molecule has 1 aliphatic rings. The number of carboxylic acid groups (broad SMARTS) is 1. The summed E-state index contributed by atoms with van der Waals surface area (Å²) in [5.41, 5.74) is 5.10. The van der Waals surface area contributed by atoms with Gasteiger partial charge in [0.25, 0.3) is 0 Å². The molecular formula is C19H26N4O5. The van der Waals surface area contributed by atoms with Crippen LogP contribution in [0.5, 0.6) is 5.75 Å². The van der Waals surface area contributed by atoms with Crippen LogP contribution in [0.15, 0.2) is 24.3 Å². The fourth-order valence-corrected chi connectivity index (χ4v) is 3.27. The van der Waals surface area contributed by atoms with E-state index in [0.29, 0.717) is 50.3 Å². The van der Waals surface area contributed by atoms with Crippen molar-refractivity contribution in [1.29, 1.82) is 5.41 Å². The second kappa shape index (κ2) is 9.20. The van der Waals surface area contributed by atoms with Gasteiger partial charge in [0.1, 0.15) is 11.6 Å². The third-order valence-electron chi connectivity index (χ3n) is 4.79. The minimum Gasteiger partial charge on any atom is -0.494 e. The Morgan fingerprint density at radius 3 is 2.61 bits per heavy atom. The molecule has 5 N–H and O–H groups in total. The molecule has 28 heavy (non-hydrogen) atoms. The van der Waals surface area contributed by atoms with Gasteiger partial charge in [0.05, 0.1) is 18.6 Å². The van der Waals surface area contributed by atoms with Gasteiger partial charge in [-0.15, -0.1) is 0 Å². The van der Waals surface area contributed by atoms with Gasteiger partial charge >= 0.3 is 17.8 Å². The fraction of sp³-hybridized carbons (Fsp3) is 0.474. The predicted octanol–water partition coefficient (Wildman–Crippen LogP) is 0.712. The molecular weight excluding hydrogens is 364 g/mol. The largest absolute Gasteiger partial charge is 0.494 e. The number of benzene rings is 1. The molecule has 9 heteroatoms. The highest BCUT2D eigenvalue weighted by molar-refractivity contribution is 6.35. The van der Waals surface area contributed by atoms with Crippen LogP contribution in [0.25, 0.3) is 0 Å². The Morgan fingerprint density at radius 2 is 2.00 bits per heavy atom. The van der Waals surface area contributed by atoms with Gasteiger partial charge in [-0.2, -0.15) is 0 Å². The smallest absolute Gasteiger partial charge is 0.312 e. The summed E-state index contributed by atoms with van der Waals surface area (Å²) in [5, 5.41) is 19.1. The van der Waals surface area contributed by atoms with Gasteiger partial charge in [-0.1, -0.05) is 0 Å². The highest BCUT2D eigenvalue weighted by Gasteiger charge is 2.41. The summed E-state index contributed by atoms with van der Waals surface area (Å²) >= 11 is 0. The lowest BCUT2D eigenvalue weighted by atomic mass is 9.88. The van der Waals surface area contributed by atoms with Crippen LogP contribution in [0.1, 0.15) is 38.2 Å². The van der Waals surface area contributed by atoms with Crippen molar-refractivity contribution in [2.45, 2.75) is 38.1 Å². The molecule has 1 unspecified atom stereocenters. The van der Waals surface area contributed by atoms with Gasteiger partial charge in [0.2, 0.25) is 0 Å². The van der Waals surface area contributed by atoms with Crippen LogP contribution in [-0.2, 0) is 14.4 Å². The number of carbonyl (C=O) groups is 3. The Labute approximate surface area is 163 Å². The van der Waals surface area contributed by atoms with E-state index in [2.05, 4.69) is 5.32 Å². The number of carbonyl (C=O) groups excluding carboxylic acids is 2. The summed E-state index contributed by atoms with van der Waals surface area (Å²) in [6.07, 6.45) is 1.53. The molecule has 0 bridgehead atoms. The second-order valence-corrected chi connectivity index (χ2v) is 7.02. The van der Waals surface area contributed by atoms with E-state index in [1.54, 1.807) is 31.2 Å². The van der Waals surface area contributed by atoms with Crippen LogP contribution in [0.2, 0.25) is 0 Å². The lowest BCUT2D eigenvalue weighted by molar-refractivity contribution is -0.155. The van der Waals surface area contributed by atoms with E-state index < -0.39 is 23.3 Å². The van der Waals surface area contributed by atoms with E-state index in [1.807, 2.05) is 0 Å². The van der Waals surface area contributed by atoms with E-state index in [4.69, 9.17) is 15.9 Å². The van der Waals surface area contributed by atoms with E-state index in [-0.39, 0.29) is 12.3 Å². The predicted molar refractivity (Wildman–Crippen MR) is 102 cm³/mol. The summed E-state index contributed by atoms with van der Waals surface area (Å²) in [7, 11) is 0. The van der Waals surface area contributed by atoms with E-state index in [1.165, 1.54) is 4.90 Å². The molecule has 152 valence electrons. The Hall–Kier alpha value is -3.10. The minimum absolute atomic E-state index is 0.00907. The number of amides is 2. The van der Waals surface area contributed by atoms with Gasteiger partial charge in [0, 0.05) is 18.7 Å². The van der Waals surface area contributed by atoms with Crippen LogP contribution >= 0.6 is 0 Å². The maximum atomic E-state index is 12.2. The van der Waals surface area contributed by atoms with Crippen LogP contribution in [0.3, 0.4) is 0 Å². The first-order valence-electron chi connectivity index (χ1n) is 9.12. The molecule has 1 fully saturated rings. The van der Waals surface area contributed by atoms with Crippen molar-refractivity contribution in [3.8, 4) is 5.75 Å². The number of nitrogens with two attached hydrogens (primary N) is 1. The summed E-state index contributed by atoms with van der Waals surface area (Å²) in [5.74, 6) is -1.74. The SMILES string of the molecule is CC(CCCCOc1ccc(C(=N)N)cc1)(CC(=O)O)N1CCNC(=O)C1=O. The number of hydrogen-bond donors (Lipinski definition) is 4. The number of hydrogen-bond acceptors (Lipinski definition) is 5. The summed E-state index contributed by atoms with van der Waals surface area (Å²) in [4.78, 5) is 36.5. The zero-order valence-corrected chi connectivity index (χ0v) is 15.9. The van der Waals surface area contributed by atoms with Crippen molar-refractivity contribution in [2.24, 2.45) is 5.73 Å². The van der Waals surface area contributed by atoms with Crippen molar-refractivity contribution in [3.63, 3.8) is 0 Å². The molecule has 1 saturated heterocycles. The number of aliphatic carboxylic acids is 1. The molecule has 0 radical (unpaired) electrons. The van der Waals surface area contributed by atoms with Gasteiger partial charge in [-0.25, -0.2) is 0 Å². The number of unbranched alkanes of at least 4 members (excludes halogenated alkanes) is 1. The summed E-state index contributed by atoms with van der Waals surface area (Å²) < 4.78 is 5.65. The first-order valence-corrected chi connectivity index (χ1v) is 9.12. The van der Waals surface area contributed by atoms with Crippen molar-refractivity contribution in [3.05, 3.63) is 29.8 Å². The first kappa shape index (κ1) is 21.2. The fourth-order valence-electron chi connectivity index (χ4n) is 3.27. The highest BCUT2D eigenvalue weighted by Crippen LogP contribution is 2.27. The minimum atomic E-state index is -1.01. The van der Waals surface area contributed by atoms with E-state index >= 15 is 0 Å². The molecule has 1 atom stereocenters. The van der Waals surface area contributed by atoms with Gasteiger partial charge < -0.3 is 25.8 Å². The number of rotatable bonds is 10. The Balaban J connectivity index is 1.87. The molecule has 0 aromatic heterocycles. The Bertz CT molecular complexity index is 749. The van der Waals surface area contributed by atoms with Crippen molar-refractivity contribution in [1.82, 2.24) is 10.2 Å². The van der Waals surface area contributed by atoms with Gasteiger partial charge in [0.15, 0.2) is 0 Å². The topological polar surface area (TPSA) is 146 Å². The molecule has 9 nitrogen and oxygen atoms in total. The Kier molecular flexibility index (Phi) is 6.97. The highest BCUT2D eigenvalue weighted by atomic mass is 16.5. The maximum Gasteiger partial charge on any atom is 0.312 e. The molecule has 0 saturated carbocycles. The molecule has 0 aliphatic carbocycles. The van der Waals surface area contributed by atoms with Crippen LogP contribution in [0.4, 0.5) is 0 Å². The quantitative estimate of drug-likeness (QED) is 0.200. The van der Waals surface area contributed by atoms with Gasteiger partial charge in [-0.3, -0.25) is 19.8 Å². The summed E-state index contributed by atoms with van der Waals surface area (Å²) in [6.45, 7) is 2.75. The average Bonchev–Trinajstić information content (AvgIpc) is 2.63. The standard InChI is InChI=1S/C19H26N4O5/c1-19(12-15(24)25,23-10-9-22-17(26)18(23)27)8-2-3-11-28-14-6-4-13(5-7-14)16(20)21/h4-7H,2-3,8-12H2,1H3,(H3,20,21)(H,22,26)(H,24,25). The lowest BCUT2D eigenvalue weighted by Crippen LogP contribution is -2.61. The third-order valence-corrected chi connectivity index (χ3v) is 4.79. The average molecular weight is 390 g/mol. The normalized spacial score (nSPS) is 16.2. The molecule has 1 aromatic rings. The molecule has 0 spiro atoms. The number of amidine groups is 1. The molecule has 1 aromatic carbocycles. The maximum absolute atomic E-state index is 12.2. The third kappa shape index (κ3) is 5.45. The van der Waals surface area contributed by atoms with Gasteiger partial charge in [-0.05, 0) is 50.5 Å². The number of nitrogens with zero attached hydrogens (tertiary/aromatic N) is 1. The molecule has 2 amide bonds. The lowest BCUT2D eigenvalue weighted by Gasteiger charge is -2.42.